The largest absolute Gasteiger partial charge is 0.371 e. The zero-order chi connectivity index (χ0) is 17.2. The van der Waals surface area contributed by atoms with Crippen molar-refractivity contribution in [3.8, 4) is 0 Å². The molecule has 0 spiro atoms. The van der Waals surface area contributed by atoms with Crippen molar-refractivity contribution in [1.29, 1.82) is 0 Å². The van der Waals surface area contributed by atoms with Gasteiger partial charge in [-0.1, -0.05) is 25.3 Å². The number of aryl methyl sites for hydroxylation is 2. The first-order valence-electron chi connectivity index (χ1n) is 10.2. The smallest absolute Gasteiger partial charge is 0.186 e. The molecular weight excluding hydrogens is 308 g/mol. The van der Waals surface area contributed by atoms with Crippen molar-refractivity contribution >= 4 is 11.6 Å². The van der Waals surface area contributed by atoms with Gasteiger partial charge in [0.2, 0.25) is 0 Å². The lowest BCUT2D eigenvalue weighted by molar-refractivity contribution is 0.358. The average Bonchev–Trinajstić information content (AvgIpc) is 3.00. The standard InChI is InChI=1S/C21H32N4/c22-21(23)24-19-10-5-11-25(14-15-6-2-1-3-7-15)20-13-17-9-4-8-16(17)12-18(19)20/h12-13,15,19H,1-11,14H2,(H4,22,23,24). The first-order chi connectivity index (χ1) is 12.2. The molecule has 1 aliphatic heterocycles. The number of nitrogens with two attached hydrogens (primary N) is 2. The highest BCUT2D eigenvalue weighted by atomic mass is 15.1. The Morgan fingerprint density at radius 2 is 1.72 bits per heavy atom. The maximum absolute atomic E-state index is 5.74. The molecule has 4 heteroatoms. The number of anilines is 1. The molecule has 4 rings (SSSR count). The summed E-state index contributed by atoms with van der Waals surface area (Å²) in [6.07, 6.45) is 13.0. The van der Waals surface area contributed by atoms with Gasteiger partial charge in [0.1, 0.15) is 0 Å². The third-order valence-electron chi connectivity index (χ3n) is 6.35. The Labute approximate surface area is 151 Å². The molecule has 1 saturated carbocycles. The fourth-order valence-corrected chi connectivity index (χ4v) is 5.11. The van der Waals surface area contributed by atoms with Gasteiger partial charge >= 0.3 is 0 Å². The normalized spacial score (nSPS) is 23.7. The van der Waals surface area contributed by atoms with Gasteiger partial charge in [-0.25, -0.2) is 4.99 Å². The van der Waals surface area contributed by atoms with Crippen molar-refractivity contribution in [2.24, 2.45) is 22.4 Å². The molecule has 1 unspecified atom stereocenters. The molecule has 2 aliphatic carbocycles. The van der Waals surface area contributed by atoms with Gasteiger partial charge in [-0.05, 0) is 68.1 Å². The summed E-state index contributed by atoms with van der Waals surface area (Å²) in [5.74, 6) is 1.08. The zero-order valence-corrected chi connectivity index (χ0v) is 15.3. The molecule has 1 heterocycles. The molecule has 4 nitrogen and oxygen atoms in total. The molecule has 25 heavy (non-hydrogen) atoms. The molecule has 1 aromatic rings. The van der Waals surface area contributed by atoms with E-state index in [1.165, 1.54) is 74.7 Å². The van der Waals surface area contributed by atoms with Gasteiger partial charge in [-0.15, -0.1) is 0 Å². The van der Waals surface area contributed by atoms with E-state index in [0.717, 1.165) is 25.3 Å². The van der Waals surface area contributed by atoms with Gasteiger partial charge in [0, 0.05) is 24.3 Å². The monoisotopic (exact) mass is 340 g/mol. The lowest BCUT2D eigenvalue weighted by Crippen LogP contribution is -2.31. The van der Waals surface area contributed by atoms with Crippen LogP contribution in [0.1, 0.15) is 74.1 Å². The number of fused-ring (bicyclic) bond motifs is 2. The second kappa shape index (κ2) is 7.27. The Morgan fingerprint density at radius 3 is 2.48 bits per heavy atom. The summed E-state index contributed by atoms with van der Waals surface area (Å²) in [6.45, 7) is 2.35. The van der Waals surface area contributed by atoms with Crippen molar-refractivity contribution in [3.05, 3.63) is 28.8 Å². The third kappa shape index (κ3) is 3.63. The number of aliphatic imine (C=N–C) groups is 1. The first kappa shape index (κ1) is 16.7. The van der Waals surface area contributed by atoms with Crippen molar-refractivity contribution in [1.82, 2.24) is 0 Å². The predicted molar refractivity (Wildman–Crippen MR) is 105 cm³/mol. The average molecular weight is 341 g/mol. The number of rotatable bonds is 3. The summed E-state index contributed by atoms with van der Waals surface area (Å²) >= 11 is 0. The van der Waals surface area contributed by atoms with Gasteiger partial charge in [-0.2, -0.15) is 0 Å². The van der Waals surface area contributed by atoms with Crippen LogP contribution in [0.3, 0.4) is 0 Å². The van der Waals surface area contributed by atoms with Gasteiger partial charge < -0.3 is 16.4 Å². The van der Waals surface area contributed by atoms with E-state index in [4.69, 9.17) is 11.5 Å². The molecule has 0 bridgehead atoms. The van der Waals surface area contributed by atoms with Crippen LogP contribution in [0.25, 0.3) is 0 Å². The number of benzene rings is 1. The van der Waals surface area contributed by atoms with Gasteiger partial charge in [-0.3, -0.25) is 0 Å². The Hall–Kier alpha value is -1.71. The molecule has 1 aromatic carbocycles. The van der Waals surface area contributed by atoms with E-state index in [2.05, 4.69) is 22.0 Å². The van der Waals surface area contributed by atoms with E-state index in [1.807, 2.05) is 0 Å². The van der Waals surface area contributed by atoms with E-state index < -0.39 is 0 Å². The molecule has 0 amide bonds. The lowest BCUT2D eigenvalue weighted by Gasteiger charge is -2.32. The number of nitrogens with zero attached hydrogens (tertiary/aromatic N) is 2. The quantitative estimate of drug-likeness (QED) is 0.651. The third-order valence-corrected chi connectivity index (χ3v) is 6.35. The van der Waals surface area contributed by atoms with Crippen LogP contribution >= 0.6 is 0 Å². The second-order valence-electron chi connectivity index (χ2n) is 8.20. The first-order valence-corrected chi connectivity index (χ1v) is 10.2. The number of guanidine groups is 1. The Morgan fingerprint density at radius 1 is 0.960 bits per heavy atom. The summed E-state index contributed by atoms with van der Waals surface area (Å²) < 4.78 is 0. The maximum atomic E-state index is 5.74. The van der Waals surface area contributed by atoms with Crippen molar-refractivity contribution in [2.75, 3.05) is 18.0 Å². The summed E-state index contributed by atoms with van der Waals surface area (Å²) in [6, 6.07) is 5.02. The minimum atomic E-state index is 0.127. The Bertz CT molecular complexity index is 642. The van der Waals surface area contributed by atoms with E-state index in [9.17, 15) is 0 Å². The van der Waals surface area contributed by atoms with E-state index in [0.29, 0.717) is 0 Å². The maximum Gasteiger partial charge on any atom is 0.186 e. The Balaban J connectivity index is 1.68. The van der Waals surface area contributed by atoms with Crippen LogP contribution in [0.2, 0.25) is 0 Å². The van der Waals surface area contributed by atoms with Gasteiger partial charge in [0.15, 0.2) is 5.96 Å². The van der Waals surface area contributed by atoms with Crippen molar-refractivity contribution < 1.29 is 0 Å². The van der Waals surface area contributed by atoms with Gasteiger partial charge in [0.05, 0.1) is 6.04 Å². The van der Waals surface area contributed by atoms with Crippen molar-refractivity contribution in [2.45, 2.75) is 70.3 Å². The second-order valence-corrected chi connectivity index (χ2v) is 8.20. The SMILES string of the molecule is NC(N)=NC1CCCN(CC2CCCCC2)c2cc3c(cc21)CCC3. The van der Waals surface area contributed by atoms with Crippen LogP contribution in [-0.4, -0.2) is 19.0 Å². The van der Waals surface area contributed by atoms with Crippen LogP contribution < -0.4 is 16.4 Å². The molecule has 1 fully saturated rings. The fraction of sp³-hybridized carbons (Fsp3) is 0.667. The van der Waals surface area contributed by atoms with Crippen LogP contribution in [0, 0.1) is 5.92 Å². The van der Waals surface area contributed by atoms with E-state index in [-0.39, 0.29) is 12.0 Å². The topological polar surface area (TPSA) is 67.6 Å². The molecule has 0 radical (unpaired) electrons. The molecular formula is C21H32N4. The number of hydrogen-bond donors (Lipinski definition) is 2. The van der Waals surface area contributed by atoms with Crippen LogP contribution in [-0.2, 0) is 12.8 Å². The lowest BCUT2D eigenvalue weighted by atomic mass is 9.88. The fourth-order valence-electron chi connectivity index (χ4n) is 5.11. The van der Waals surface area contributed by atoms with Crippen molar-refractivity contribution in [3.63, 3.8) is 0 Å². The minimum absolute atomic E-state index is 0.127. The van der Waals surface area contributed by atoms with Crippen LogP contribution in [0.4, 0.5) is 5.69 Å². The molecule has 0 saturated heterocycles. The minimum Gasteiger partial charge on any atom is -0.371 e. The Kier molecular flexibility index (Phi) is 4.87. The molecule has 3 aliphatic rings. The number of hydrogen-bond acceptors (Lipinski definition) is 2. The molecule has 4 N–H and O–H groups in total. The molecule has 136 valence electrons. The van der Waals surface area contributed by atoms with E-state index in [1.54, 1.807) is 5.56 Å². The van der Waals surface area contributed by atoms with Crippen LogP contribution in [0.15, 0.2) is 17.1 Å². The summed E-state index contributed by atoms with van der Waals surface area (Å²) in [7, 11) is 0. The van der Waals surface area contributed by atoms with Gasteiger partial charge in [0.25, 0.3) is 0 Å². The predicted octanol–water partition coefficient (Wildman–Crippen LogP) is 3.67. The molecule has 0 aromatic heterocycles. The summed E-state index contributed by atoms with van der Waals surface area (Å²) in [5, 5.41) is 0. The van der Waals surface area contributed by atoms with Crippen LogP contribution in [0.5, 0.6) is 0 Å². The van der Waals surface area contributed by atoms with E-state index >= 15 is 0 Å². The summed E-state index contributed by atoms with van der Waals surface area (Å²) in [4.78, 5) is 7.25. The highest BCUT2D eigenvalue weighted by Crippen LogP contribution is 2.40. The summed E-state index contributed by atoms with van der Waals surface area (Å²) in [5.41, 5.74) is 17.3. The highest BCUT2D eigenvalue weighted by molar-refractivity contribution is 5.76. The highest BCUT2D eigenvalue weighted by Gasteiger charge is 2.27. The molecule has 1 atom stereocenters. The zero-order valence-electron chi connectivity index (χ0n) is 15.3.